The molecule has 62 heavy (non-hydrogen) atoms. The summed E-state index contributed by atoms with van der Waals surface area (Å²) in [5.74, 6) is -2.58. The number of piperidine rings is 3. The number of anilines is 3. The summed E-state index contributed by atoms with van der Waals surface area (Å²) in [7, 11) is 0. The van der Waals surface area contributed by atoms with Crippen molar-refractivity contribution >= 4 is 58.7 Å². The van der Waals surface area contributed by atoms with Crippen LogP contribution in [-0.2, 0) is 14.4 Å². The Morgan fingerprint density at radius 3 is 2.08 bits per heavy atom. The monoisotopic (exact) mass is 864 g/mol. The maximum atomic E-state index is 15.1. The van der Waals surface area contributed by atoms with Crippen LogP contribution in [0.15, 0.2) is 48.5 Å². The van der Waals surface area contributed by atoms with Crippen molar-refractivity contribution in [3.63, 3.8) is 0 Å². The number of amides is 5. The van der Waals surface area contributed by atoms with Gasteiger partial charge in [0, 0.05) is 89.8 Å². The molecule has 15 heteroatoms. The number of fused-ring (bicyclic) bond motifs is 1. The van der Waals surface area contributed by atoms with Crippen LogP contribution < -0.4 is 20.0 Å². The molecule has 6 aliphatic rings. The highest BCUT2D eigenvalue weighted by Crippen LogP contribution is 2.44. The maximum Gasteiger partial charge on any atom is 0.262 e. The lowest BCUT2D eigenvalue weighted by Crippen LogP contribution is -2.54. The fraction of sp³-hybridized carbons (Fsp3) is 0.489. The van der Waals surface area contributed by atoms with Crippen LogP contribution in [0.5, 0.6) is 0 Å². The van der Waals surface area contributed by atoms with Crippen LogP contribution in [0.2, 0.25) is 5.02 Å². The number of carbonyl (C=O) groups is 5. The lowest BCUT2D eigenvalue weighted by molar-refractivity contribution is -0.136. The molecular formula is C47H54ClFN8O5. The molecule has 0 saturated carbocycles. The second-order valence-corrected chi connectivity index (χ2v) is 18.2. The van der Waals surface area contributed by atoms with Crippen molar-refractivity contribution in [3.05, 3.63) is 87.2 Å². The van der Waals surface area contributed by atoms with Gasteiger partial charge in [-0.05, 0) is 106 Å². The Balaban J connectivity index is 0.000000176. The minimum absolute atomic E-state index is 0.0329. The van der Waals surface area contributed by atoms with Crippen LogP contribution in [0.4, 0.5) is 21.5 Å². The molecule has 0 radical (unpaired) electrons. The third-order valence-electron chi connectivity index (χ3n) is 14.0. The minimum atomic E-state index is -1.07. The van der Waals surface area contributed by atoms with Crippen molar-refractivity contribution in [2.45, 2.75) is 64.8 Å². The van der Waals surface area contributed by atoms with E-state index in [9.17, 15) is 29.2 Å². The molecule has 1 N–H and O–H groups in total. The molecule has 5 saturated heterocycles. The van der Waals surface area contributed by atoms with Crippen molar-refractivity contribution in [1.82, 2.24) is 20.0 Å². The lowest BCUT2D eigenvalue weighted by atomic mass is 9.77. The van der Waals surface area contributed by atoms with Crippen molar-refractivity contribution in [2.24, 2.45) is 11.3 Å². The molecule has 3 aromatic rings. The van der Waals surface area contributed by atoms with E-state index < -0.39 is 35.5 Å². The predicted octanol–water partition coefficient (Wildman–Crippen LogP) is 5.54. The summed E-state index contributed by atoms with van der Waals surface area (Å²) in [6.07, 6.45) is 6.45. The maximum absolute atomic E-state index is 15.1. The average Bonchev–Trinajstić information content (AvgIpc) is 3.79. The van der Waals surface area contributed by atoms with Gasteiger partial charge in [-0.2, -0.15) is 5.26 Å². The molecule has 1 atom stereocenters. The van der Waals surface area contributed by atoms with E-state index in [0.29, 0.717) is 35.0 Å². The number of nitrogens with zero attached hydrogens (tertiary/aromatic N) is 7. The summed E-state index contributed by atoms with van der Waals surface area (Å²) in [4.78, 5) is 72.4. The first-order valence-corrected chi connectivity index (χ1v) is 22.2. The molecule has 9 rings (SSSR count). The summed E-state index contributed by atoms with van der Waals surface area (Å²) >= 11 is 6.40. The fourth-order valence-corrected chi connectivity index (χ4v) is 10.3. The lowest BCUT2D eigenvalue weighted by Gasteiger charge is -2.40. The van der Waals surface area contributed by atoms with Gasteiger partial charge in [-0.1, -0.05) is 29.3 Å². The molecule has 6 heterocycles. The molecule has 5 amide bonds. The molecule has 1 spiro atoms. The molecular weight excluding hydrogens is 811 g/mol. The number of imide groups is 2. The first-order valence-electron chi connectivity index (χ1n) is 21.8. The van der Waals surface area contributed by atoms with Gasteiger partial charge in [-0.15, -0.1) is 0 Å². The molecule has 5 fully saturated rings. The van der Waals surface area contributed by atoms with Gasteiger partial charge in [-0.25, -0.2) is 4.39 Å². The SMILES string of the molecule is Cc1ccc(N2CCC3(CC2)CCN(c2ccc(C#N)c(Cl)c2C)C3)cc1.O=CN1CCN(CC2CCN(c3cc4c(cc3F)C(=O)N(C3CCC(=O)NC3=O)C4=O)CC2)CC1. The molecule has 0 aromatic heterocycles. The topological polar surface area (TPSA) is 141 Å². The largest absolute Gasteiger partial charge is 0.371 e. The zero-order valence-corrected chi connectivity index (χ0v) is 36.3. The summed E-state index contributed by atoms with van der Waals surface area (Å²) in [6, 6.07) is 16.4. The zero-order chi connectivity index (χ0) is 43.7. The third kappa shape index (κ3) is 8.75. The number of hydrogen-bond donors (Lipinski definition) is 1. The number of nitriles is 1. The van der Waals surface area contributed by atoms with E-state index in [-0.39, 0.29) is 29.7 Å². The number of halogens is 2. The Hall–Kier alpha value is -5.52. The van der Waals surface area contributed by atoms with Gasteiger partial charge in [0.15, 0.2) is 0 Å². The Morgan fingerprint density at radius 2 is 1.45 bits per heavy atom. The molecule has 0 aliphatic carbocycles. The van der Waals surface area contributed by atoms with E-state index in [0.717, 1.165) is 94.7 Å². The summed E-state index contributed by atoms with van der Waals surface area (Å²) in [6.45, 7) is 14.0. The highest BCUT2D eigenvalue weighted by atomic mass is 35.5. The number of carbonyl (C=O) groups excluding carboxylic acids is 5. The van der Waals surface area contributed by atoms with E-state index in [4.69, 9.17) is 11.6 Å². The summed E-state index contributed by atoms with van der Waals surface area (Å²) in [5.41, 5.74) is 6.19. The zero-order valence-electron chi connectivity index (χ0n) is 35.5. The van der Waals surface area contributed by atoms with Gasteiger partial charge >= 0.3 is 0 Å². The Bertz CT molecular complexity index is 2280. The highest BCUT2D eigenvalue weighted by Gasteiger charge is 2.46. The number of hydrogen-bond acceptors (Lipinski definition) is 10. The minimum Gasteiger partial charge on any atom is -0.371 e. The van der Waals surface area contributed by atoms with Gasteiger partial charge in [0.2, 0.25) is 18.2 Å². The summed E-state index contributed by atoms with van der Waals surface area (Å²) < 4.78 is 15.1. The molecule has 0 bridgehead atoms. The third-order valence-corrected chi connectivity index (χ3v) is 14.5. The molecule has 326 valence electrons. The number of aryl methyl sites for hydroxylation is 1. The van der Waals surface area contributed by atoms with E-state index in [1.54, 1.807) is 4.90 Å². The molecule has 1 unspecified atom stereocenters. The standard InChI is InChI=1S/C24H28FN5O5.C23H26ClN3/c25-18-11-16-17(24(35)30(23(16)34)19-1-2-21(32)26-22(19)33)12-20(18)29-5-3-15(4-6-29)13-27-7-9-28(14-31)10-8-27;1-17-3-6-20(7-4-17)26-12-9-23(10-13-26)11-14-27(16-23)21-8-5-19(15-25)22(24)18(21)2/h11-12,14-15,19H,1-10,13H2,(H,26,32,33);3-8H,9-14,16H2,1-2H3. The molecule has 13 nitrogen and oxygen atoms in total. The van der Waals surface area contributed by atoms with Gasteiger partial charge in [-0.3, -0.25) is 39.1 Å². The molecule has 6 aliphatic heterocycles. The second-order valence-electron chi connectivity index (χ2n) is 17.8. The van der Waals surface area contributed by atoms with Crippen LogP contribution in [0, 0.1) is 42.3 Å². The van der Waals surface area contributed by atoms with E-state index >= 15 is 4.39 Å². The first kappa shape index (κ1) is 43.1. The van der Waals surface area contributed by atoms with Gasteiger partial charge in [0.05, 0.1) is 27.4 Å². The quantitative estimate of drug-likeness (QED) is 0.238. The van der Waals surface area contributed by atoms with Crippen LogP contribution in [0.1, 0.15) is 82.4 Å². The van der Waals surface area contributed by atoms with Crippen molar-refractivity contribution in [2.75, 3.05) is 86.7 Å². The Morgan fingerprint density at radius 1 is 0.806 bits per heavy atom. The van der Waals surface area contributed by atoms with Crippen LogP contribution >= 0.6 is 11.6 Å². The van der Waals surface area contributed by atoms with E-state index in [1.165, 1.54) is 42.3 Å². The van der Waals surface area contributed by atoms with E-state index in [2.05, 4.69) is 63.3 Å². The van der Waals surface area contributed by atoms with Crippen molar-refractivity contribution in [1.29, 1.82) is 5.26 Å². The number of piperazine rings is 1. The highest BCUT2D eigenvalue weighted by molar-refractivity contribution is 6.33. The number of rotatable bonds is 7. The summed E-state index contributed by atoms with van der Waals surface area (Å²) in [5, 5.41) is 11.9. The average molecular weight is 865 g/mol. The normalized spacial score (nSPS) is 21.8. The first-order chi connectivity index (χ1) is 29.9. The van der Waals surface area contributed by atoms with Crippen LogP contribution in [-0.4, -0.2) is 123 Å². The van der Waals surface area contributed by atoms with Crippen LogP contribution in [0.25, 0.3) is 0 Å². The van der Waals surface area contributed by atoms with Gasteiger partial charge in [0.1, 0.15) is 17.9 Å². The number of nitrogens with one attached hydrogen (secondary N) is 1. The Kier molecular flexibility index (Phi) is 12.6. The second kappa shape index (κ2) is 18.1. The van der Waals surface area contributed by atoms with Crippen molar-refractivity contribution < 1.29 is 28.4 Å². The van der Waals surface area contributed by atoms with Crippen molar-refractivity contribution in [3.8, 4) is 6.07 Å². The predicted molar refractivity (Wildman–Crippen MR) is 235 cm³/mol. The van der Waals surface area contributed by atoms with Gasteiger partial charge < -0.3 is 19.6 Å². The molecule has 3 aromatic carbocycles. The number of benzene rings is 3. The van der Waals surface area contributed by atoms with Gasteiger partial charge in [0.25, 0.3) is 11.8 Å². The smallest absolute Gasteiger partial charge is 0.262 e. The Labute approximate surface area is 367 Å². The van der Waals surface area contributed by atoms with E-state index in [1.807, 2.05) is 17.9 Å². The van der Waals surface area contributed by atoms with Crippen LogP contribution in [0.3, 0.4) is 0 Å². The fourth-order valence-electron chi connectivity index (χ4n) is 10.1.